The number of hydrogen-bond donors (Lipinski definition) is 3. The third kappa shape index (κ3) is 8.50. The van der Waals surface area contributed by atoms with Crippen LogP contribution in [-0.4, -0.2) is 106 Å². The van der Waals surface area contributed by atoms with Crippen molar-refractivity contribution in [2.75, 3.05) is 25.9 Å². The molecule has 10 atom stereocenters. The highest BCUT2D eigenvalue weighted by Crippen LogP contribution is 2.43. The van der Waals surface area contributed by atoms with Crippen molar-refractivity contribution < 1.29 is 33.3 Å². The van der Waals surface area contributed by atoms with Crippen LogP contribution in [0.2, 0.25) is 5.82 Å². The van der Waals surface area contributed by atoms with Crippen LogP contribution in [0.3, 0.4) is 0 Å². The predicted molar refractivity (Wildman–Crippen MR) is 197 cm³/mol. The first-order valence-corrected chi connectivity index (χ1v) is 18.3. The molecule has 2 aromatic rings. The number of Topliss-reactive ketones (excluding diaryl/α,β-unsaturated/α-hetero) is 1. The van der Waals surface area contributed by atoms with E-state index in [0.29, 0.717) is 44.6 Å². The topological polar surface area (TPSA) is 154 Å². The zero-order valence-corrected chi connectivity index (χ0v) is 31.6. The van der Waals surface area contributed by atoms with Crippen LogP contribution in [0, 0.1) is 11.8 Å². The van der Waals surface area contributed by atoms with Crippen LogP contribution in [0.15, 0.2) is 43.1 Å². The summed E-state index contributed by atoms with van der Waals surface area (Å²) in [6, 6.07) is 6.64. The summed E-state index contributed by atoms with van der Waals surface area (Å²) in [5.74, 6) is -1.89. The molecule has 4 N–H and O–H groups in total. The van der Waals surface area contributed by atoms with Crippen LogP contribution in [-0.2, 0) is 25.5 Å². The third-order valence-corrected chi connectivity index (χ3v) is 11.4. The van der Waals surface area contributed by atoms with E-state index in [4.69, 9.17) is 19.9 Å². The first-order chi connectivity index (χ1) is 24.0. The number of nitrogens with two attached hydrogens (primary N) is 1. The number of benzene rings is 1. The Labute approximate surface area is 303 Å². The van der Waals surface area contributed by atoms with Crippen molar-refractivity contribution in [2.24, 2.45) is 11.8 Å². The van der Waals surface area contributed by atoms with Gasteiger partial charge >= 0.3 is 6.09 Å². The molecule has 2 aliphatic rings. The molecule has 1 unspecified atom stereocenters. The number of carbonyl (C=O) groups is 2. The molecule has 3 heterocycles. The zero-order valence-electron chi connectivity index (χ0n) is 31.6. The SMILES string of the molecule is B[C@@H]1[C@@H](C)C(=O)[C@@](F)(CC=C)C(O)O[C@H](CC)[C@@]2(C)OC(=O)N(CCCCn3cc(-c4cccc(N)c4)nn3)[C@@H]2[C@@H](C)NC[C@H](C)C[C@@]1(C)OC. The maximum Gasteiger partial charge on any atom is 0.410 e. The number of aliphatic hydroxyl groups excluding tert-OH is 1. The molecule has 0 spiro atoms. The number of halogens is 1. The minimum Gasteiger partial charge on any atom is -0.438 e. The Balaban J connectivity index is 1.60. The van der Waals surface area contributed by atoms with Crippen LogP contribution in [0.25, 0.3) is 11.3 Å². The number of alkyl halides is 1. The highest BCUT2D eigenvalue weighted by Gasteiger charge is 2.59. The lowest BCUT2D eigenvalue weighted by molar-refractivity contribution is -0.237. The maximum atomic E-state index is 17.0. The molecule has 51 heavy (non-hydrogen) atoms. The second kappa shape index (κ2) is 16.6. The molecule has 0 saturated carbocycles. The first kappa shape index (κ1) is 40.4. The van der Waals surface area contributed by atoms with E-state index in [2.05, 4.69) is 29.1 Å². The number of nitrogens with zero attached hydrogens (tertiary/aromatic N) is 4. The number of rotatable bonds is 10. The molecular weight excluding hydrogens is 654 g/mol. The summed E-state index contributed by atoms with van der Waals surface area (Å²) in [6.07, 6.45) is 1.32. The van der Waals surface area contributed by atoms with Crippen LogP contribution >= 0.6 is 0 Å². The molecule has 2 saturated heterocycles. The van der Waals surface area contributed by atoms with E-state index in [1.807, 2.05) is 59.1 Å². The van der Waals surface area contributed by atoms with Gasteiger partial charge in [0.05, 0.1) is 17.8 Å². The van der Waals surface area contributed by atoms with E-state index < -0.39 is 59.5 Å². The standard InChI is InChI=1S/C37H58BFN6O6/c1-9-16-37(39)32(46)24(4)30(38)35(6,49-8)20-23(3)21-41-25(5)31-36(7,29(10-2)50-33(37)47)51-34(48)45(31)18-12-11-17-44-22-28(42-43-44)26-14-13-15-27(40)19-26/h9,13-15,19,22-25,29-31,33,41,47H,1,10-12,16-18,20-21,38,40H2,2-8H3/t23-,24-,25-,29-,30-,31-,33?,35-,36-,37+/m1/s1. The van der Waals surface area contributed by atoms with Gasteiger partial charge in [-0.3, -0.25) is 14.4 Å². The number of aryl methyl sites for hydroxylation is 1. The van der Waals surface area contributed by atoms with Gasteiger partial charge in [0.1, 0.15) is 19.6 Å². The number of hydrogen-bond acceptors (Lipinski definition) is 10. The Bertz CT molecular complexity index is 1520. The Morgan fingerprint density at radius 2 is 1.94 bits per heavy atom. The lowest BCUT2D eigenvalue weighted by atomic mass is 9.62. The largest absolute Gasteiger partial charge is 0.438 e. The number of amides is 1. The highest BCUT2D eigenvalue weighted by atomic mass is 19.1. The lowest BCUT2D eigenvalue weighted by Gasteiger charge is -2.43. The van der Waals surface area contributed by atoms with Gasteiger partial charge in [0.25, 0.3) is 0 Å². The third-order valence-electron chi connectivity index (χ3n) is 11.4. The average Bonchev–Trinajstić information content (AvgIpc) is 3.68. The molecule has 2 fully saturated rings. The van der Waals surface area contributed by atoms with Crippen LogP contribution < -0.4 is 11.1 Å². The van der Waals surface area contributed by atoms with E-state index >= 15 is 4.39 Å². The summed E-state index contributed by atoms with van der Waals surface area (Å²) in [7, 11) is 3.49. The van der Waals surface area contributed by atoms with Crippen molar-refractivity contribution in [3.8, 4) is 11.3 Å². The summed E-state index contributed by atoms with van der Waals surface area (Å²) < 4.78 is 37.0. The molecule has 0 radical (unpaired) electrons. The number of anilines is 1. The maximum absolute atomic E-state index is 17.0. The highest BCUT2D eigenvalue weighted by molar-refractivity contribution is 6.15. The molecule has 0 bridgehead atoms. The predicted octanol–water partition coefficient (Wildman–Crippen LogP) is 4.33. The molecule has 1 aromatic carbocycles. The Morgan fingerprint density at radius 3 is 2.59 bits per heavy atom. The van der Waals surface area contributed by atoms with Gasteiger partial charge in [0, 0.05) is 49.8 Å². The van der Waals surface area contributed by atoms with E-state index in [0.717, 1.165) is 11.3 Å². The minimum absolute atomic E-state index is 0.0945. The number of aromatic nitrogens is 3. The van der Waals surface area contributed by atoms with Crippen molar-refractivity contribution in [2.45, 2.75) is 127 Å². The molecule has 12 nitrogen and oxygen atoms in total. The molecule has 14 heteroatoms. The van der Waals surface area contributed by atoms with Gasteiger partial charge in [-0.25, -0.2) is 9.18 Å². The van der Waals surface area contributed by atoms with E-state index in [-0.39, 0.29) is 24.2 Å². The number of ketones is 1. The van der Waals surface area contributed by atoms with Crippen molar-refractivity contribution in [1.29, 1.82) is 0 Å². The number of nitrogens with one attached hydrogen (secondary N) is 1. The summed E-state index contributed by atoms with van der Waals surface area (Å²) in [5.41, 5.74) is 3.35. The molecule has 1 amide bonds. The second-order valence-electron chi connectivity index (χ2n) is 15.1. The molecule has 282 valence electrons. The van der Waals surface area contributed by atoms with Crippen molar-refractivity contribution >= 4 is 25.4 Å². The van der Waals surface area contributed by atoms with Crippen LogP contribution in [0.1, 0.15) is 73.6 Å². The monoisotopic (exact) mass is 712 g/mol. The molecule has 0 aliphatic carbocycles. The second-order valence-corrected chi connectivity index (χ2v) is 15.1. The van der Waals surface area contributed by atoms with Gasteiger partial charge in [-0.05, 0) is 76.9 Å². The lowest BCUT2D eigenvalue weighted by Crippen LogP contribution is -2.62. The summed E-state index contributed by atoms with van der Waals surface area (Å²) in [6.45, 7) is 16.5. The average molecular weight is 713 g/mol. The molecule has 1 aromatic heterocycles. The fourth-order valence-electron chi connectivity index (χ4n) is 8.06. The first-order valence-electron chi connectivity index (χ1n) is 18.3. The Hall–Kier alpha value is -3.33. The smallest absolute Gasteiger partial charge is 0.410 e. The number of unbranched alkanes of at least 4 members (excludes halogenated alkanes) is 1. The van der Waals surface area contributed by atoms with E-state index in [1.165, 1.54) is 6.08 Å². The number of aliphatic hydroxyl groups is 1. The van der Waals surface area contributed by atoms with Crippen LogP contribution in [0.4, 0.5) is 14.9 Å². The Morgan fingerprint density at radius 1 is 1.24 bits per heavy atom. The van der Waals surface area contributed by atoms with Crippen molar-refractivity contribution in [3.63, 3.8) is 0 Å². The number of carbonyl (C=O) groups excluding carboxylic acids is 2. The van der Waals surface area contributed by atoms with E-state index in [9.17, 15) is 14.7 Å². The van der Waals surface area contributed by atoms with Gasteiger partial charge in [0.15, 0.2) is 17.7 Å². The zero-order chi connectivity index (χ0) is 37.7. The number of allylic oxidation sites excluding steroid dienone is 1. The van der Waals surface area contributed by atoms with Gasteiger partial charge in [-0.1, -0.05) is 44.2 Å². The van der Waals surface area contributed by atoms with Gasteiger partial charge in [-0.15, -0.1) is 11.7 Å². The summed E-state index contributed by atoms with van der Waals surface area (Å²) in [4.78, 5) is 29.3. The quantitative estimate of drug-likeness (QED) is 0.140. The van der Waals surface area contributed by atoms with E-state index in [1.54, 1.807) is 30.5 Å². The fraction of sp³-hybridized carbons (Fsp3) is 0.676. The number of nitrogen functional groups attached to an aromatic ring is 1. The van der Waals surface area contributed by atoms with Crippen molar-refractivity contribution in [3.05, 3.63) is 43.1 Å². The molecule has 2 aliphatic heterocycles. The number of fused-ring (bicyclic) bond motifs is 1. The Kier molecular flexibility index (Phi) is 13.1. The number of methoxy groups -OCH3 is 1. The van der Waals surface area contributed by atoms with Crippen molar-refractivity contribution in [1.82, 2.24) is 25.2 Å². The van der Waals surface area contributed by atoms with Gasteiger partial charge in [-0.2, -0.15) is 0 Å². The fourth-order valence-corrected chi connectivity index (χ4v) is 8.06. The minimum atomic E-state index is -2.78. The molecular formula is C37H58BFN6O6. The van der Waals surface area contributed by atoms with Gasteiger partial charge in [0.2, 0.25) is 5.67 Å². The summed E-state index contributed by atoms with van der Waals surface area (Å²) >= 11 is 0. The summed E-state index contributed by atoms with van der Waals surface area (Å²) in [5, 5.41) is 23.6. The van der Waals surface area contributed by atoms with Crippen LogP contribution in [0.5, 0.6) is 0 Å². The normalized spacial score (nSPS) is 35.5. The molecule has 4 rings (SSSR count). The van der Waals surface area contributed by atoms with Gasteiger partial charge < -0.3 is 30.4 Å². The number of ether oxygens (including phenoxy) is 3.